The Hall–Kier alpha value is -3.53. The lowest BCUT2D eigenvalue weighted by Gasteiger charge is -2.46. The van der Waals surface area contributed by atoms with Crippen molar-refractivity contribution in [2.75, 3.05) is 45.4 Å². The number of nitrogen functional groups attached to an aromatic ring is 1. The SMILES string of the molecule is CC(=O)OC[C@H]1O[C@@H](OCCOCCOP(=O)(N(C(C)C)C(C)C)[C@]2(n3ccc(N)nc3=O)C[C@H](O)[C@@H](CO)O2)[C@H](OC(C)=O)[C@@H](OC(C)=O)[C@H]1OC(C)=O. The van der Waals surface area contributed by atoms with Crippen LogP contribution in [0.5, 0.6) is 0 Å². The average molecular weight is 809 g/mol. The molecule has 3 heterocycles. The Kier molecular flexibility index (Phi) is 16.7. The summed E-state index contributed by atoms with van der Waals surface area (Å²) in [5, 5.41) is 20.9. The molecule has 1 unspecified atom stereocenters. The molecule has 0 radical (unpaired) electrons. The Morgan fingerprint density at radius 1 is 0.945 bits per heavy atom. The number of aromatic nitrogens is 2. The first-order valence-electron chi connectivity index (χ1n) is 17.6. The Labute approximate surface area is 318 Å². The van der Waals surface area contributed by atoms with E-state index in [1.165, 1.54) is 16.9 Å². The first kappa shape index (κ1) is 45.9. The minimum absolute atomic E-state index is 0.103. The summed E-state index contributed by atoms with van der Waals surface area (Å²) in [7, 11) is -4.40. The van der Waals surface area contributed by atoms with Gasteiger partial charge in [0, 0.05) is 52.4 Å². The van der Waals surface area contributed by atoms with Gasteiger partial charge in [-0.2, -0.15) is 4.98 Å². The van der Waals surface area contributed by atoms with Crippen molar-refractivity contribution < 1.29 is 76.4 Å². The van der Waals surface area contributed by atoms with Gasteiger partial charge in [-0.05, 0) is 33.8 Å². The predicted molar refractivity (Wildman–Crippen MR) is 188 cm³/mol. The Balaban J connectivity index is 1.82. The number of aliphatic hydroxyl groups excluding tert-OH is 2. The third-order valence-electron chi connectivity index (χ3n) is 8.38. The van der Waals surface area contributed by atoms with E-state index in [2.05, 4.69) is 4.98 Å². The highest BCUT2D eigenvalue weighted by Gasteiger charge is 2.64. The number of nitrogens with two attached hydrogens (primary N) is 1. The monoisotopic (exact) mass is 808 g/mol. The van der Waals surface area contributed by atoms with Crippen molar-refractivity contribution in [1.29, 1.82) is 0 Å². The largest absolute Gasteiger partial charge is 0.463 e. The summed E-state index contributed by atoms with van der Waals surface area (Å²) in [6.07, 6.45) is -8.55. The van der Waals surface area contributed by atoms with Crippen molar-refractivity contribution in [3.05, 3.63) is 22.7 Å². The number of ether oxygens (including phenoxy) is 8. The fraction of sp³-hybridized carbons (Fsp3) is 0.758. The molecule has 0 aromatic carbocycles. The molecular weight excluding hydrogens is 755 g/mol. The Bertz CT molecular complexity index is 1580. The van der Waals surface area contributed by atoms with E-state index in [1.807, 2.05) is 0 Å². The lowest BCUT2D eigenvalue weighted by molar-refractivity contribution is -0.309. The molecule has 2 aliphatic heterocycles. The van der Waals surface area contributed by atoms with Crippen LogP contribution >= 0.6 is 7.52 Å². The molecule has 55 heavy (non-hydrogen) atoms. The summed E-state index contributed by atoms with van der Waals surface area (Å²) in [5.41, 5.74) is 2.68. The zero-order valence-corrected chi connectivity index (χ0v) is 33.1. The molecule has 4 N–H and O–H groups in total. The molecular formula is C33H53N4O17P. The van der Waals surface area contributed by atoms with Crippen LogP contribution in [-0.4, -0.2) is 143 Å². The van der Waals surface area contributed by atoms with Gasteiger partial charge in [-0.15, -0.1) is 0 Å². The van der Waals surface area contributed by atoms with E-state index < -0.39 is 117 Å². The summed E-state index contributed by atoms with van der Waals surface area (Å²) in [6.45, 7) is 9.55. The van der Waals surface area contributed by atoms with Crippen LogP contribution in [0.15, 0.2) is 17.1 Å². The van der Waals surface area contributed by atoms with Gasteiger partial charge >= 0.3 is 37.1 Å². The van der Waals surface area contributed by atoms with Crippen molar-refractivity contribution in [2.24, 2.45) is 0 Å². The van der Waals surface area contributed by atoms with Crippen LogP contribution < -0.4 is 11.4 Å². The van der Waals surface area contributed by atoms with Crippen LogP contribution in [0.3, 0.4) is 0 Å². The van der Waals surface area contributed by atoms with E-state index in [0.29, 0.717) is 0 Å². The second-order valence-electron chi connectivity index (χ2n) is 13.3. The van der Waals surface area contributed by atoms with E-state index in [9.17, 15) is 34.2 Å². The van der Waals surface area contributed by atoms with Gasteiger partial charge in [0.25, 0.3) is 0 Å². The highest BCUT2D eigenvalue weighted by atomic mass is 31.2. The van der Waals surface area contributed by atoms with E-state index in [4.69, 9.17) is 48.2 Å². The predicted octanol–water partition coefficient (Wildman–Crippen LogP) is 0.0227. The standard InChI is InChI=1S/C33H53N4O17P/c1-18(2)37(19(3)4)55(45,33(15-24(43)25(16-38)54-33)36-10-9-27(34)35-32(36)44)49-14-12-46-11-13-47-31-30(52-23(8)42)29(51-22(7)41)28(50-21(6)40)26(53-31)17-48-20(5)39/h9-10,18-19,24-26,28-31,38,43H,11-17H2,1-8H3,(H2,34,35,44)/t24-,25+,26+,28-,29-,30+,31+,33-,55?/m0/s1. The van der Waals surface area contributed by atoms with Crippen LogP contribution in [0.25, 0.3) is 0 Å². The van der Waals surface area contributed by atoms with Gasteiger partial charge in [0.1, 0.15) is 24.6 Å². The van der Waals surface area contributed by atoms with Crippen molar-refractivity contribution in [3.63, 3.8) is 0 Å². The third-order valence-corrected chi connectivity index (χ3v) is 11.8. The lowest BCUT2D eigenvalue weighted by Crippen LogP contribution is -2.63. The van der Waals surface area contributed by atoms with Crippen molar-refractivity contribution >= 4 is 37.2 Å². The van der Waals surface area contributed by atoms with Gasteiger partial charge in [-0.25, -0.2) is 9.46 Å². The second-order valence-corrected chi connectivity index (χ2v) is 15.8. The van der Waals surface area contributed by atoms with Crippen molar-refractivity contribution in [2.45, 2.75) is 122 Å². The fourth-order valence-corrected chi connectivity index (χ4v) is 9.85. The van der Waals surface area contributed by atoms with Crippen LogP contribution in [-0.2, 0) is 71.6 Å². The highest BCUT2D eigenvalue weighted by Crippen LogP contribution is 2.69. The molecule has 1 aromatic rings. The van der Waals surface area contributed by atoms with Crippen LogP contribution in [0.1, 0.15) is 61.8 Å². The topological polar surface area (TPSA) is 273 Å². The molecule has 0 saturated carbocycles. The number of carbonyl (C=O) groups excluding carboxylic acids is 4. The fourth-order valence-electron chi connectivity index (χ4n) is 6.51. The van der Waals surface area contributed by atoms with E-state index >= 15 is 4.57 Å². The molecule has 2 aliphatic rings. The normalized spacial score (nSPS) is 27.8. The summed E-state index contributed by atoms with van der Waals surface area (Å²) in [4.78, 5) is 64.7. The quantitative estimate of drug-likeness (QED) is 0.0719. The molecule has 21 nitrogen and oxygen atoms in total. The number of hydrogen-bond acceptors (Lipinski definition) is 19. The van der Waals surface area contributed by atoms with Crippen LogP contribution in [0.2, 0.25) is 0 Å². The number of nitrogens with zero attached hydrogens (tertiary/aromatic N) is 3. The summed E-state index contributed by atoms with van der Waals surface area (Å²) in [6, 6.07) is 0.425. The maximum Gasteiger partial charge on any atom is 0.352 e. The van der Waals surface area contributed by atoms with Gasteiger partial charge in [-0.3, -0.25) is 28.3 Å². The number of hydrogen-bond donors (Lipinski definition) is 3. The average Bonchev–Trinajstić information content (AvgIpc) is 3.42. The van der Waals surface area contributed by atoms with Gasteiger partial charge in [0.15, 0.2) is 24.6 Å². The van der Waals surface area contributed by atoms with Crippen molar-refractivity contribution in [1.82, 2.24) is 14.2 Å². The molecule has 3 rings (SSSR count). The van der Waals surface area contributed by atoms with Gasteiger partial charge in [0.2, 0.25) is 5.47 Å². The molecule has 0 spiro atoms. The Morgan fingerprint density at radius 3 is 2.05 bits per heavy atom. The number of aliphatic hydroxyl groups is 2. The summed E-state index contributed by atoms with van der Waals surface area (Å²) < 4.78 is 68.9. The summed E-state index contributed by atoms with van der Waals surface area (Å²) in [5.74, 6) is -3.16. The second kappa shape index (κ2) is 20.1. The number of rotatable bonds is 19. The molecule has 1 aromatic heterocycles. The molecule has 22 heteroatoms. The molecule has 0 aliphatic carbocycles. The zero-order chi connectivity index (χ0) is 41.2. The first-order valence-corrected chi connectivity index (χ1v) is 19.2. The maximum absolute atomic E-state index is 15.4. The number of carbonyl (C=O) groups is 4. The number of anilines is 1. The number of esters is 4. The van der Waals surface area contributed by atoms with E-state index in [-0.39, 0.29) is 32.2 Å². The smallest absolute Gasteiger partial charge is 0.352 e. The molecule has 2 fully saturated rings. The molecule has 312 valence electrons. The first-order chi connectivity index (χ1) is 25.8. The maximum atomic E-state index is 15.4. The minimum atomic E-state index is -4.40. The van der Waals surface area contributed by atoms with Crippen LogP contribution in [0.4, 0.5) is 5.82 Å². The molecule has 0 amide bonds. The Morgan fingerprint density at radius 2 is 1.53 bits per heavy atom. The zero-order valence-electron chi connectivity index (χ0n) is 32.2. The minimum Gasteiger partial charge on any atom is -0.463 e. The van der Waals surface area contributed by atoms with E-state index in [0.717, 1.165) is 32.3 Å². The third kappa shape index (κ3) is 11.3. The highest BCUT2D eigenvalue weighted by molar-refractivity contribution is 7.57. The van der Waals surface area contributed by atoms with Gasteiger partial charge in [-0.1, -0.05) is 0 Å². The summed E-state index contributed by atoms with van der Waals surface area (Å²) >= 11 is 0. The van der Waals surface area contributed by atoms with Gasteiger partial charge in [0.05, 0.1) is 39.1 Å². The molecule has 9 atom stereocenters. The lowest BCUT2D eigenvalue weighted by atomic mass is 9.98. The van der Waals surface area contributed by atoms with Gasteiger partial charge < -0.3 is 58.4 Å². The van der Waals surface area contributed by atoms with Crippen LogP contribution in [0, 0.1) is 0 Å². The van der Waals surface area contributed by atoms with E-state index in [1.54, 1.807) is 27.7 Å². The van der Waals surface area contributed by atoms with Crippen molar-refractivity contribution in [3.8, 4) is 0 Å². The molecule has 0 bridgehead atoms. The molecule has 2 saturated heterocycles.